The van der Waals surface area contributed by atoms with Gasteiger partial charge in [-0.3, -0.25) is 0 Å². The van der Waals surface area contributed by atoms with E-state index in [2.05, 4.69) is 20.8 Å². The second-order valence-corrected chi connectivity index (χ2v) is 5.79. The lowest BCUT2D eigenvalue weighted by atomic mass is 9.79. The summed E-state index contributed by atoms with van der Waals surface area (Å²) in [5.74, 6) is 0.843. The Balaban J connectivity index is 2.06. The van der Waals surface area contributed by atoms with Crippen LogP contribution in [0, 0.1) is 11.3 Å². The molecule has 0 aliphatic heterocycles. The van der Waals surface area contributed by atoms with E-state index in [1.807, 2.05) is 0 Å². The standard InChI is InChI=1S/C12H24O/c1-12(2,3)8-7-11(13)9-10-5-4-6-10/h10-11,13H,4-9H2,1-3H3. The van der Waals surface area contributed by atoms with E-state index in [4.69, 9.17) is 0 Å². The van der Waals surface area contributed by atoms with Crippen molar-refractivity contribution in [2.45, 2.75) is 65.4 Å². The molecule has 78 valence electrons. The van der Waals surface area contributed by atoms with Crippen LogP contribution in [0.3, 0.4) is 0 Å². The minimum atomic E-state index is -0.0375. The van der Waals surface area contributed by atoms with E-state index in [1.165, 1.54) is 19.3 Å². The minimum absolute atomic E-state index is 0.0375. The molecule has 1 atom stereocenters. The molecule has 1 heteroatoms. The van der Waals surface area contributed by atoms with Gasteiger partial charge in [0.2, 0.25) is 0 Å². The van der Waals surface area contributed by atoms with Crippen molar-refractivity contribution in [3.8, 4) is 0 Å². The summed E-state index contributed by atoms with van der Waals surface area (Å²) in [7, 11) is 0. The molecule has 0 aromatic heterocycles. The van der Waals surface area contributed by atoms with Gasteiger partial charge in [-0.15, -0.1) is 0 Å². The molecule has 1 N–H and O–H groups in total. The Labute approximate surface area is 82.5 Å². The van der Waals surface area contributed by atoms with E-state index in [9.17, 15) is 5.11 Å². The van der Waals surface area contributed by atoms with Crippen LogP contribution in [0.1, 0.15) is 59.3 Å². The fourth-order valence-electron chi connectivity index (χ4n) is 1.83. The number of hydrogen-bond donors (Lipinski definition) is 1. The maximum Gasteiger partial charge on any atom is 0.0543 e. The van der Waals surface area contributed by atoms with Crippen molar-refractivity contribution in [3.05, 3.63) is 0 Å². The van der Waals surface area contributed by atoms with Crippen molar-refractivity contribution in [3.63, 3.8) is 0 Å². The molecule has 1 nitrogen and oxygen atoms in total. The third-order valence-electron chi connectivity index (χ3n) is 3.06. The number of aliphatic hydroxyl groups excluding tert-OH is 1. The van der Waals surface area contributed by atoms with Crippen LogP contribution in [-0.2, 0) is 0 Å². The molecule has 0 radical (unpaired) electrons. The van der Waals surface area contributed by atoms with Crippen molar-refractivity contribution in [2.24, 2.45) is 11.3 Å². The quantitative estimate of drug-likeness (QED) is 0.710. The van der Waals surface area contributed by atoms with Gasteiger partial charge in [-0.25, -0.2) is 0 Å². The SMILES string of the molecule is CC(C)(C)CCC(O)CC1CCC1. The van der Waals surface area contributed by atoms with E-state index < -0.39 is 0 Å². The zero-order valence-electron chi connectivity index (χ0n) is 9.34. The Morgan fingerprint density at radius 3 is 2.31 bits per heavy atom. The summed E-state index contributed by atoms with van der Waals surface area (Å²) in [5, 5.41) is 9.75. The molecule has 0 aromatic carbocycles. The first kappa shape index (κ1) is 11.0. The van der Waals surface area contributed by atoms with Crippen LogP contribution >= 0.6 is 0 Å². The molecule has 0 bridgehead atoms. The van der Waals surface area contributed by atoms with Crippen molar-refractivity contribution in [1.29, 1.82) is 0 Å². The third kappa shape index (κ3) is 4.66. The maximum absolute atomic E-state index is 9.75. The van der Waals surface area contributed by atoms with Gasteiger partial charge in [0.25, 0.3) is 0 Å². The van der Waals surface area contributed by atoms with Crippen molar-refractivity contribution in [1.82, 2.24) is 0 Å². The van der Waals surface area contributed by atoms with E-state index in [-0.39, 0.29) is 6.10 Å². The molecule has 0 amide bonds. The monoisotopic (exact) mass is 184 g/mol. The summed E-state index contributed by atoms with van der Waals surface area (Å²) in [6.07, 6.45) is 7.23. The molecule has 1 aliphatic carbocycles. The molecular formula is C12H24O. The van der Waals surface area contributed by atoms with Crippen molar-refractivity contribution < 1.29 is 5.11 Å². The predicted molar refractivity (Wildman–Crippen MR) is 56.7 cm³/mol. The Hall–Kier alpha value is -0.0400. The Morgan fingerprint density at radius 1 is 1.31 bits per heavy atom. The predicted octanol–water partition coefficient (Wildman–Crippen LogP) is 3.36. The topological polar surface area (TPSA) is 20.2 Å². The zero-order valence-corrected chi connectivity index (χ0v) is 9.34. The van der Waals surface area contributed by atoms with Crippen LogP contribution in [0.5, 0.6) is 0 Å². The molecule has 1 aliphatic rings. The smallest absolute Gasteiger partial charge is 0.0543 e. The molecule has 1 saturated carbocycles. The highest BCUT2D eigenvalue weighted by Crippen LogP contribution is 2.32. The minimum Gasteiger partial charge on any atom is -0.393 e. The summed E-state index contributed by atoms with van der Waals surface area (Å²) < 4.78 is 0. The third-order valence-corrected chi connectivity index (χ3v) is 3.06. The Kier molecular flexibility index (Phi) is 3.78. The van der Waals surface area contributed by atoms with Gasteiger partial charge in [-0.05, 0) is 30.6 Å². The van der Waals surface area contributed by atoms with E-state index in [0.717, 1.165) is 25.2 Å². The molecule has 1 fully saturated rings. The number of rotatable bonds is 4. The molecule has 0 saturated heterocycles. The summed E-state index contributed by atoms with van der Waals surface area (Å²) in [6, 6.07) is 0. The highest BCUT2D eigenvalue weighted by molar-refractivity contribution is 4.74. The zero-order chi connectivity index (χ0) is 9.90. The number of hydrogen-bond acceptors (Lipinski definition) is 1. The largest absolute Gasteiger partial charge is 0.393 e. The van der Waals surface area contributed by atoms with Crippen LogP contribution in [0.2, 0.25) is 0 Å². The summed E-state index contributed by atoms with van der Waals surface area (Å²) in [6.45, 7) is 6.72. The first-order chi connectivity index (χ1) is 5.97. The van der Waals surface area contributed by atoms with Gasteiger partial charge < -0.3 is 5.11 Å². The van der Waals surface area contributed by atoms with E-state index in [0.29, 0.717) is 5.41 Å². The van der Waals surface area contributed by atoms with Crippen molar-refractivity contribution >= 4 is 0 Å². The van der Waals surface area contributed by atoms with Gasteiger partial charge in [-0.1, -0.05) is 40.0 Å². The normalized spacial score (nSPS) is 21.2. The van der Waals surface area contributed by atoms with E-state index in [1.54, 1.807) is 0 Å². The Morgan fingerprint density at radius 2 is 1.92 bits per heavy atom. The summed E-state index contributed by atoms with van der Waals surface area (Å²) in [5.41, 5.74) is 0.376. The molecule has 13 heavy (non-hydrogen) atoms. The van der Waals surface area contributed by atoms with Gasteiger partial charge in [0.15, 0.2) is 0 Å². The second kappa shape index (κ2) is 4.45. The summed E-state index contributed by atoms with van der Waals surface area (Å²) >= 11 is 0. The second-order valence-electron chi connectivity index (χ2n) is 5.79. The first-order valence-corrected chi connectivity index (χ1v) is 5.65. The van der Waals surface area contributed by atoms with Gasteiger partial charge in [0.1, 0.15) is 0 Å². The molecule has 0 spiro atoms. The Bertz CT molecular complexity index is 142. The lowest BCUT2D eigenvalue weighted by Gasteiger charge is -2.28. The van der Waals surface area contributed by atoms with Gasteiger partial charge in [-0.2, -0.15) is 0 Å². The lowest BCUT2D eigenvalue weighted by molar-refractivity contribution is 0.0980. The van der Waals surface area contributed by atoms with Crippen LogP contribution in [0.15, 0.2) is 0 Å². The lowest BCUT2D eigenvalue weighted by Crippen LogP contribution is -2.20. The average Bonchev–Trinajstić information content (AvgIpc) is 1.91. The highest BCUT2D eigenvalue weighted by Gasteiger charge is 2.21. The first-order valence-electron chi connectivity index (χ1n) is 5.65. The molecule has 1 rings (SSSR count). The van der Waals surface area contributed by atoms with Crippen LogP contribution < -0.4 is 0 Å². The highest BCUT2D eigenvalue weighted by atomic mass is 16.3. The molecular weight excluding hydrogens is 160 g/mol. The maximum atomic E-state index is 9.75. The molecule has 1 unspecified atom stereocenters. The molecule has 0 heterocycles. The van der Waals surface area contributed by atoms with Gasteiger partial charge >= 0.3 is 0 Å². The van der Waals surface area contributed by atoms with Gasteiger partial charge in [0.05, 0.1) is 6.10 Å². The van der Waals surface area contributed by atoms with Gasteiger partial charge in [0, 0.05) is 0 Å². The van der Waals surface area contributed by atoms with Crippen molar-refractivity contribution in [2.75, 3.05) is 0 Å². The summed E-state index contributed by atoms with van der Waals surface area (Å²) in [4.78, 5) is 0. The van der Waals surface area contributed by atoms with E-state index >= 15 is 0 Å². The fourth-order valence-corrected chi connectivity index (χ4v) is 1.83. The van der Waals surface area contributed by atoms with Crippen LogP contribution in [0.25, 0.3) is 0 Å². The van der Waals surface area contributed by atoms with Crippen LogP contribution in [0.4, 0.5) is 0 Å². The average molecular weight is 184 g/mol. The molecule has 0 aromatic rings. The number of aliphatic hydroxyl groups is 1. The fraction of sp³-hybridized carbons (Fsp3) is 1.00. The van der Waals surface area contributed by atoms with Crippen LogP contribution in [-0.4, -0.2) is 11.2 Å².